The highest BCUT2D eigenvalue weighted by Gasteiger charge is 2.25. The van der Waals surface area contributed by atoms with E-state index in [0.717, 1.165) is 5.56 Å². The Morgan fingerprint density at radius 1 is 1.24 bits per heavy atom. The third kappa shape index (κ3) is 3.44. The number of hydrogen-bond acceptors (Lipinski definition) is 3. The van der Waals surface area contributed by atoms with Gasteiger partial charge in [-0.25, -0.2) is 0 Å². The van der Waals surface area contributed by atoms with Crippen LogP contribution in [0.1, 0.15) is 37.5 Å². The lowest BCUT2D eigenvalue weighted by Crippen LogP contribution is -2.17. The molecule has 96 valence electrons. The topological polar surface area (TPSA) is 74.6 Å². The van der Waals surface area contributed by atoms with Gasteiger partial charge >= 0.3 is 0 Å². The molecule has 1 rings (SSSR count). The van der Waals surface area contributed by atoms with Crippen molar-refractivity contribution in [1.29, 1.82) is 0 Å². The minimum atomic E-state index is -4.11. The van der Waals surface area contributed by atoms with Crippen molar-refractivity contribution in [3.05, 3.63) is 28.8 Å². The van der Waals surface area contributed by atoms with Gasteiger partial charge in [0, 0.05) is 5.56 Å². The third-order valence-corrected chi connectivity index (χ3v) is 3.26. The summed E-state index contributed by atoms with van der Waals surface area (Å²) in [5.41, 5.74) is 1.39. The molecule has 0 heterocycles. The standard InChI is InChI=1S/C12H18O4S/c1-8-5-6-10(13)11(12(2,3)4)9(8)7-17(14,15)16/h5-6,13H,7H2,1-4H3,(H,14,15,16). The van der Waals surface area contributed by atoms with Crippen molar-refractivity contribution in [2.45, 2.75) is 38.9 Å². The van der Waals surface area contributed by atoms with Crippen molar-refractivity contribution in [3.8, 4) is 5.75 Å². The van der Waals surface area contributed by atoms with E-state index in [1.807, 2.05) is 20.8 Å². The van der Waals surface area contributed by atoms with E-state index >= 15 is 0 Å². The van der Waals surface area contributed by atoms with Crippen LogP contribution in [0.3, 0.4) is 0 Å². The van der Waals surface area contributed by atoms with Gasteiger partial charge in [-0.2, -0.15) is 8.42 Å². The van der Waals surface area contributed by atoms with E-state index in [1.54, 1.807) is 19.1 Å². The Hall–Kier alpha value is -1.07. The smallest absolute Gasteiger partial charge is 0.269 e. The Bertz CT molecular complexity index is 524. The van der Waals surface area contributed by atoms with Gasteiger partial charge in [-0.3, -0.25) is 4.55 Å². The van der Waals surface area contributed by atoms with Gasteiger partial charge in [0.15, 0.2) is 0 Å². The highest BCUT2D eigenvalue weighted by Crippen LogP contribution is 2.36. The summed E-state index contributed by atoms with van der Waals surface area (Å²) in [6.07, 6.45) is 0. The van der Waals surface area contributed by atoms with Gasteiger partial charge in [-0.1, -0.05) is 26.8 Å². The van der Waals surface area contributed by atoms with Crippen LogP contribution in [0.15, 0.2) is 12.1 Å². The molecular weight excluding hydrogens is 240 g/mol. The average Bonchev–Trinajstić information content (AvgIpc) is 2.06. The molecule has 0 fully saturated rings. The van der Waals surface area contributed by atoms with E-state index in [0.29, 0.717) is 11.1 Å². The fraction of sp³-hybridized carbons (Fsp3) is 0.500. The number of hydrogen-bond donors (Lipinski definition) is 2. The zero-order chi connectivity index (χ0) is 13.4. The molecule has 0 aliphatic heterocycles. The zero-order valence-electron chi connectivity index (χ0n) is 10.5. The number of benzene rings is 1. The van der Waals surface area contributed by atoms with Crippen LogP contribution in [0.5, 0.6) is 5.75 Å². The summed E-state index contributed by atoms with van der Waals surface area (Å²) in [4.78, 5) is 0. The molecule has 0 saturated heterocycles. The van der Waals surface area contributed by atoms with Crippen molar-refractivity contribution in [1.82, 2.24) is 0 Å². The molecule has 0 saturated carbocycles. The monoisotopic (exact) mass is 258 g/mol. The van der Waals surface area contributed by atoms with E-state index in [-0.39, 0.29) is 5.75 Å². The van der Waals surface area contributed by atoms with Crippen LogP contribution < -0.4 is 0 Å². The molecule has 5 heteroatoms. The van der Waals surface area contributed by atoms with Crippen LogP contribution >= 0.6 is 0 Å². The molecule has 0 atom stereocenters. The Morgan fingerprint density at radius 2 is 1.76 bits per heavy atom. The van der Waals surface area contributed by atoms with Crippen LogP contribution in [0.2, 0.25) is 0 Å². The molecule has 0 unspecified atom stereocenters. The lowest BCUT2D eigenvalue weighted by atomic mass is 9.82. The first-order valence-corrected chi connectivity index (χ1v) is 6.90. The first kappa shape index (κ1) is 14.0. The molecular formula is C12H18O4S. The fourth-order valence-electron chi connectivity index (χ4n) is 1.94. The molecule has 0 amide bonds. The maximum absolute atomic E-state index is 11.0. The van der Waals surface area contributed by atoms with Gasteiger partial charge in [0.05, 0.1) is 0 Å². The summed E-state index contributed by atoms with van der Waals surface area (Å²) >= 11 is 0. The van der Waals surface area contributed by atoms with E-state index in [9.17, 15) is 13.5 Å². The molecule has 0 bridgehead atoms. The summed E-state index contributed by atoms with van der Waals surface area (Å²) in [6.45, 7) is 7.41. The fourth-order valence-corrected chi connectivity index (χ4v) is 2.68. The minimum absolute atomic E-state index is 0.0572. The van der Waals surface area contributed by atoms with E-state index in [1.165, 1.54) is 0 Å². The Morgan fingerprint density at radius 3 is 2.18 bits per heavy atom. The predicted molar refractivity (Wildman–Crippen MR) is 66.8 cm³/mol. The van der Waals surface area contributed by atoms with Crippen molar-refractivity contribution in [2.24, 2.45) is 0 Å². The highest BCUT2D eigenvalue weighted by molar-refractivity contribution is 7.85. The molecule has 0 radical (unpaired) electrons. The van der Waals surface area contributed by atoms with Gasteiger partial charge < -0.3 is 5.11 Å². The molecule has 0 aliphatic rings. The molecule has 4 nitrogen and oxygen atoms in total. The van der Waals surface area contributed by atoms with Crippen LogP contribution in [0.25, 0.3) is 0 Å². The summed E-state index contributed by atoms with van der Waals surface area (Å²) in [7, 11) is -4.11. The van der Waals surface area contributed by atoms with E-state index < -0.39 is 21.3 Å². The molecule has 17 heavy (non-hydrogen) atoms. The quantitative estimate of drug-likeness (QED) is 0.799. The van der Waals surface area contributed by atoms with Gasteiger partial charge in [0.25, 0.3) is 10.1 Å². The Labute approximate surface area is 102 Å². The van der Waals surface area contributed by atoms with E-state index in [2.05, 4.69) is 0 Å². The van der Waals surface area contributed by atoms with Crippen molar-refractivity contribution in [2.75, 3.05) is 0 Å². The Balaban J connectivity index is 3.52. The second kappa shape index (κ2) is 4.31. The Kier molecular flexibility index (Phi) is 3.55. The first-order valence-electron chi connectivity index (χ1n) is 5.29. The third-order valence-electron chi connectivity index (χ3n) is 2.60. The molecule has 1 aromatic rings. The number of phenolic OH excluding ortho intramolecular Hbond substituents is 1. The zero-order valence-corrected chi connectivity index (χ0v) is 11.3. The summed E-state index contributed by atoms with van der Waals surface area (Å²) in [6, 6.07) is 3.19. The summed E-state index contributed by atoms with van der Waals surface area (Å²) in [5.74, 6) is -0.415. The van der Waals surface area contributed by atoms with Crippen molar-refractivity contribution < 1.29 is 18.1 Å². The maximum Gasteiger partial charge on any atom is 0.269 e. The number of aryl methyl sites for hydroxylation is 1. The predicted octanol–water partition coefficient (Wildman–Crippen LogP) is 2.39. The average molecular weight is 258 g/mol. The highest BCUT2D eigenvalue weighted by atomic mass is 32.2. The SMILES string of the molecule is Cc1ccc(O)c(C(C)(C)C)c1CS(=O)(=O)O. The van der Waals surface area contributed by atoms with Gasteiger partial charge in [-0.05, 0) is 29.5 Å². The lowest BCUT2D eigenvalue weighted by molar-refractivity contribution is 0.443. The summed E-state index contributed by atoms with van der Waals surface area (Å²) < 4.78 is 31.0. The van der Waals surface area contributed by atoms with Crippen LogP contribution in [0.4, 0.5) is 0 Å². The second-order valence-corrected chi connectivity index (χ2v) is 6.68. The van der Waals surface area contributed by atoms with Gasteiger partial charge in [0.2, 0.25) is 0 Å². The van der Waals surface area contributed by atoms with Crippen LogP contribution in [-0.4, -0.2) is 18.1 Å². The maximum atomic E-state index is 11.0. The van der Waals surface area contributed by atoms with E-state index in [4.69, 9.17) is 4.55 Å². The van der Waals surface area contributed by atoms with Crippen LogP contribution in [-0.2, 0) is 21.3 Å². The summed E-state index contributed by atoms with van der Waals surface area (Å²) in [5, 5.41) is 9.87. The molecule has 0 aliphatic carbocycles. The molecule has 0 aromatic heterocycles. The molecule has 0 spiro atoms. The van der Waals surface area contributed by atoms with Crippen LogP contribution in [0, 0.1) is 6.92 Å². The van der Waals surface area contributed by atoms with Gasteiger partial charge in [-0.15, -0.1) is 0 Å². The molecule has 2 N–H and O–H groups in total. The lowest BCUT2D eigenvalue weighted by Gasteiger charge is -2.25. The number of rotatable bonds is 2. The van der Waals surface area contributed by atoms with Gasteiger partial charge in [0.1, 0.15) is 11.5 Å². The second-order valence-electron chi connectivity index (χ2n) is 5.23. The van der Waals surface area contributed by atoms with Crippen molar-refractivity contribution in [3.63, 3.8) is 0 Å². The largest absolute Gasteiger partial charge is 0.508 e. The number of aromatic hydroxyl groups is 1. The number of phenols is 1. The molecule has 1 aromatic carbocycles. The normalized spacial score (nSPS) is 12.8. The van der Waals surface area contributed by atoms with Crippen molar-refractivity contribution >= 4 is 10.1 Å². The first-order chi connectivity index (χ1) is 7.52. The minimum Gasteiger partial charge on any atom is -0.508 e.